The van der Waals surface area contributed by atoms with Gasteiger partial charge in [-0.3, -0.25) is 4.90 Å². The highest BCUT2D eigenvalue weighted by Crippen LogP contribution is 2.19. The summed E-state index contributed by atoms with van der Waals surface area (Å²) in [5.74, 6) is 1.08. The Morgan fingerprint density at radius 3 is 2.86 bits per heavy atom. The summed E-state index contributed by atoms with van der Waals surface area (Å²) in [5.41, 5.74) is 3.16. The van der Waals surface area contributed by atoms with E-state index < -0.39 is 0 Å². The van der Waals surface area contributed by atoms with Crippen molar-refractivity contribution in [3.8, 4) is 0 Å². The fourth-order valence-corrected chi connectivity index (χ4v) is 3.94. The Morgan fingerprint density at radius 1 is 1.41 bits per heavy atom. The van der Waals surface area contributed by atoms with E-state index in [2.05, 4.69) is 34.8 Å². The van der Waals surface area contributed by atoms with Crippen molar-refractivity contribution in [1.29, 1.82) is 0 Å². The van der Waals surface area contributed by atoms with Crippen LogP contribution in [0.5, 0.6) is 0 Å². The van der Waals surface area contributed by atoms with Gasteiger partial charge >= 0.3 is 0 Å². The van der Waals surface area contributed by atoms with Crippen molar-refractivity contribution in [1.82, 2.24) is 14.8 Å². The zero-order valence-electron chi connectivity index (χ0n) is 13.5. The molecule has 4 nitrogen and oxygen atoms in total. The molecule has 22 heavy (non-hydrogen) atoms. The lowest BCUT2D eigenvalue weighted by molar-refractivity contribution is 0.119. The normalized spacial score (nSPS) is 17.4. The van der Waals surface area contributed by atoms with Crippen LogP contribution in [0.3, 0.4) is 0 Å². The molecule has 0 bridgehead atoms. The van der Waals surface area contributed by atoms with Crippen molar-refractivity contribution in [2.45, 2.75) is 38.8 Å². The molecule has 2 aromatic rings. The SMILES string of the molecule is Cc1ncsc1CCN(C)C1CCN(Cc2ccco2)CC1. The number of nitrogens with zero attached hydrogens (tertiary/aromatic N) is 3. The first-order valence-electron chi connectivity index (χ1n) is 8.06. The molecule has 3 heterocycles. The van der Waals surface area contributed by atoms with Gasteiger partial charge in [-0.25, -0.2) is 4.98 Å². The van der Waals surface area contributed by atoms with Crippen LogP contribution >= 0.6 is 11.3 Å². The van der Waals surface area contributed by atoms with Gasteiger partial charge in [0, 0.05) is 30.6 Å². The number of hydrogen-bond acceptors (Lipinski definition) is 5. The van der Waals surface area contributed by atoms with Gasteiger partial charge in [-0.05, 0) is 45.4 Å². The second kappa shape index (κ2) is 7.40. The van der Waals surface area contributed by atoms with E-state index in [0.29, 0.717) is 6.04 Å². The molecule has 0 saturated carbocycles. The third-order valence-corrected chi connectivity index (χ3v) is 5.67. The molecule has 1 aliphatic heterocycles. The predicted molar refractivity (Wildman–Crippen MR) is 90.2 cm³/mol. The van der Waals surface area contributed by atoms with E-state index in [0.717, 1.165) is 38.4 Å². The van der Waals surface area contributed by atoms with Crippen LogP contribution in [0.2, 0.25) is 0 Å². The van der Waals surface area contributed by atoms with E-state index in [4.69, 9.17) is 4.42 Å². The minimum atomic E-state index is 0.709. The molecule has 0 N–H and O–H groups in total. The van der Waals surface area contributed by atoms with Crippen molar-refractivity contribution in [3.05, 3.63) is 40.2 Å². The van der Waals surface area contributed by atoms with E-state index in [9.17, 15) is 0 Å². The number of likely N-dealkylation sites (tertiary alicyclic amines) is 1. The maximum absolute atomic E-state index is 5.44. The number of piperidine rings is 1. The number of furan rings is 1. The average molecular weight is 319 g/mol. The van der Waals surface area contributed by atoms with Gasteiger partial charge in [0.15, 0.2) is 0 Å². The van der Waals surface area contributed by atoms with E-state index in [1.807, 2.05) is 11.6 Å². The van der Waals surface area contributed by atoms with Crippen LogP contribution in [-0.4, -0.2) is 47.5 Å². The van der Waals surface area contributed by atoms with Crippen LogP contribution in [0.25, 0.3) is 0 Å². The first kappa shape index (κ1) is 15.7. The first-order chi connectivity index (χ1) is 10.7. The zero-order valence-corrected chi connectivity index (χ0v) is 14.3. The molecule has 5 heteroatoms. The molecule has 0 unspecified atom stereocenters. The number of thiazole rings is 1. The van der Waals surface area contributed by atoms with E-state index in [-0.39, 0.29) is 0 Å². The molecule has 0 aromatic carbocycles. The van der Waals surface area contributed by atoms with E-state index in [1.165, 1.54) is 23.4 Å². The van der Waals surface area contributed by atoms with Crippen molar-refractivity contribution >= 4 is 11.3 Å². The second-order valence-electron chi connectivity index (χ2n) is 6.18. The third-order valence-electron chi connectivity index (χ3n) is 4.68. The lowest BCUT2D eigenvalue weighted by atomic mass is 10.0. The summed E-state index contributed by atoms with van der Waals surface area (Å²) in [5, 5.41) is 0. The van der Waals surface area contributed by atoms with Crippen molar-refractivity contribution in [2.75, 3.05) is 26.7 Å². The summed E-state index contributed by atoms with van der Waals surface area (Å²) in [6, 6.07) is 4.74. The maximum atomic E-state index is 5.44. The topological polar surface area (TPSA) is 32.5 Å². The number of likely N-dealkylation sites (N-methyl/N-ethyl adjacent to an activating group) is 1. The monoisotopic (exact) mass is 319 g/mol. The van der Waals surface area contributed by atoms with Crippen LogP contribution in [-0.2, 0) is 13.0 Å². The summed E-state index contributed by atoms with van der Waals surface area (Å²) >= 11 is 1.78. The Kier molecular flexibility index (Phi) is 5.28. The number of hydrogen-bond donors (Lipinski definition) is 0. The zero-order chi connectivity index (χ0) is 15.4. The van der Waals surface area contributed by atoms with Crippen molar-refractivity contribution < 1.29 is 4.42 Å². The first-order valence-corrected chi connectivity index (χ1v) is 8.94. The average Bonchev–Trinajstić information content (AvgIpc) is 3.17. The number of rotatable bonds is 6. The van der Waals surface area contributed by atoms with E-state index >= 15 is 0 Å². The summed E-state index contributed by atoms with van der Waals surface area (Å²) in [4.78, 5) is 10.8. The van der Waals surface area contributed by atoms with Gasteiger partial charge in [-0.15, -0.1) is 11.3 Å². The number of aromatic nitrogens is 1. The van der Waals surface area contributed by atoms with Crippen LogP contribution in [0.1, 0.15) is 29.2 Å². The highest BCUT2D eigenvalue weighted by atomic mass is 32.1. The molecule has 0 atom stereocenters. The highest BCUT2D eigenvalue weighted by molar-refractivity contribution is 7.09. The van der Waals surface area contributed by atoms with Crippen LogP contribution in [0, 0.1) is 6.92 Å². The lowest BCUT2D eigenvalue weighted by Gasteiger charge is -2.36. The van der Waals surface area contributed by atoms with Crippen LogP contribution in [0.4, 0.5) is 0 Å². The molecule has 1 aliphatic rings. The van der Waals surface area contributed by atoms with Crippen LogP contribution < -0.4 is 0 Å². The minimum Gasteiger partial charge on any atom is -0.468 e. The largest absolute Gasteiger partial charge is 0.468 e. The lowest BCUT2D eigenvalue weighted by Crippen LogP contribution is -2.43. The summed E-state index contributed by atoms with van der Waals surface area (Å²) < 4.78 is 5.44. The third kappa shape index (κ3) is 3.97. The standard InChI is InChI=1S/C17H25N3OS/c1-14-17(22-13-18-14)7-8-19(2)15-5-9-20(10-6-15)12-16-4-3-11-21-16/h3-4,11,13,15H,5-10,12H2,1-2H3. The van der Waals surface area contributed by atoms with E-state index in [1.54, 1.807) is 17.6 Å². The maximum Gasteiger partial charge on any atom is 0.117 e. The Balaban J connectivity index is 1.41. The molecule has 1 saturated heterocycles. The fourth-order valence-electron chi connectivity index (χ4n) is 3.17. The van der Waals surface area contributed by atoms with Crippen molar-refractivity contribution in [3.63, 3.8) is 0 Å². The fraction of sp³-hybridized carbons (Fsp3) is 0.588. The Hall–Kier alpha value is -1.17. The van der Waals surface area contributed by atoms with Gasteiger partial charge in [0.05, 0.1) is 24.0 Å². The minimum absolute atomic E-state index is 0.709. The Morgan fingerprint density at radius 2 is 2.23 bits per heavy atom. The van der Waals surface area contributed by atoms with Gasteiger partial charge < -0.3 is 9.32 Å². The second-order valence-corrected chi connectivity index (χ2v) is 7.12. The molecule has 0 amide bonds. The van der Waals surface area contributed by atoms with Gasteiger partial charge in [0.25, 0.3) is 0 Å². The highest BCUT2D eigenvalue weighted by Gasteiger charge is 2.22. The quantitative estimate of drug-likeness (QED) is 0.818. The molecule has 0 spiro atoms. The van der Waals surface area contributed by atoms with Gasteiger partial charge in [0.1, 0.15) is 5.76 Å². The van der Waals surface area contributed by atoms with Gasteiger partial charge in [-0.2, -0.15) is 0 Å². The molecule has 2 aromatic heterocycles. The van der Waals surface area contributed by atoms with Crippen LogP contribution in [0.15, 0.2) is 28.3 Å². The number of aryl methyl sites for hydroxylation is 1. The Bertz CT molecular complexity index is 558. The predicted octanol–water partition coefficient (Wildman–Crippen LogP) is 3.18. The van der Waals surface area contributed by atoms with Crippen molar-refractivity contribution in [2.24, 2.45) is 0 Å². The summed E-state index contributed by atoms with van der Waals surface area (Å²) in [6.45, 7) is 6.51. The smallest absolute Gasteiger partial charge is 0.117 e. The molecule has 1 fully saturated rings. The van der Waals surface area contributed by atoms with Gasteiger partial charge in [0.2, 0.25) is 0 Å². The molecular formula is C17H25N3OS. The summed E-state index contributed by atoms with van der Waals surface area (Å²) in [6.07, 6.45) is 5.38. The summed E-state index contributed by atoms with van der Waals surface area (Å²) in [7, 11) is 2.27. The molecule has 3 rings (SSSR count). The molecular weight excluding hydrogens is 294 g/mol. The Labute approximate surface area is 136 Å². The molecule has 0 radical (unpaired) electrons. The molecule has 0 aliphatic carbocycles. The molecule has 120 valence electrons. The van der Waals surface area contributed by atoms with Gasteiger partial charge in [-0.1, -0.05) is 0 Å².